The maximum absolute atomic E-state index is 10.6. The Balaban J connectivity index is 1.63. The maximum atomic E-state index is 10.6. The number of carbonyl (C=O) groups is 1. The number of benzene rings is 2. The molecule has 0 N–H and O–H groups in total. The van der Waals surface area contributed by atoms with E-state index < -0.39 is 0 Å². The van der Waals surface area contributed by atoms with Gasteiger partial charge in [0.25, 0.3) is 0 Å². The molecule has 0 saturated carbocycles. The first-order valence-corrected chi connectivity index (χ1v) is 7.87. The summed E-state index contributed by atoms with van der Waals surface area (Å²) in [5, 5.41) is 0. The first kappa shape index (κ1) is 16.0. The molecular formula is C20H19NO3. The van der Waals surface area contributed by atoms with E-state index in [0.29, 0.717) is 24.5 Å². The number of nitrogens with zero attached hydrogens (tertiary/aromatic N) is 1. The molecule has 4 nitrogen and oxygen atoms in total. The Bertz CT molecular complexity index is 817. The fourth-order valence-electron chi connectivity index (χ4n) is 2.39. The van der Waals surface area contributed by atoms with Crippen molar-refractivity contribution in [3.63, 3.8) is 0 Å². The van der Waals surface area contributed by atoms with E-state index in [9.17, 15) is 4.79 Å². The highest BCUT2D eigenvalue weighted by Crippen LogP contribution is 2.22. The largest absolute Gasteiger partial charge is 0.493 e. The van der Waals surface area contributed by atoms with Crippen molar-refractivity contribution in [2.45, 2.75) is 20.3 Å². The molecule has 3 rings (SSSR count). The van der Waals surface area contributed by atoms with Crippen LogP contribution in [0.1, 0.15) is 27.4 Å². The average Bonchev–Trinajstić information content (AvgIpc) is 2.97. The third kappa shape index (κ3) is 3.71. The van der Waals surface area contributed by atoms with Crippen molar-refractivity contribution in [2.75, 3.05) is 6.61 Å². The summed E-state index contributed by atoms with van der Waals surface area (Å²) in [4.78, 5) is 15.2. The van der Waals surface area contributed by atoms with Crippen LogP contribution in [0.15, 0.2) is 52.9 Å². The molecule has 0 radical (unpaired) electrons. The van der Waals surface area contributed by atoms with E-state index >= 15 is 0 Å². The number of rotatable bonds is 6. The first-order chi connectivity index (χ1) is 11.7. The van der Waals surface area contributed by atoms with Gasteiger partial charge in [-0.15, -0.1) is 0 Å². The minimum Gasteiger partial charge on any atom is -0.493 e. The molecule has 4 heteroatoms. The Hall–Kier alpha value is -2.88. The molecule has 0 atom stereocenters. The van der Waals surface area contributed by atoms with Gasteiger partial charge in [0.05, 0.1) is 12.3 Å². The fourth-order valence-corrected chi connectivity index (χ4v) is 2.39. The van der Waals surface area contributed by atoms with Crippen LogP contribution < -0.4 is 4.74 Å². The van der Waals surface area contributed by atoms with Gasteiger partial charge >= 0.3 is 0 Å². The molecule has 1 aromatic heterocycles. The highest BCUT2D eigenvalue weighted by atomic mass is 16.5. The van der Waals surface area contributed by atoms with Gasteiger partial charge in [-0.2, -0.15) is 0 Å². The zero-order valence-electron chi connectivity index (χ0n) is 13.8. The van der Waals surface area contributed by atoms with Crippen LogP contribution >= 0.6 is 0 Å². The maximum Gasteiger partial charge on any atom is 0.226 e. The number of carbonyl (C=O) groups excluding carboxylic acids is 1. The second kappa shape index (κ2) is 7.13. The molecule has 1 heterocycles. The molecule has 0 aliphatic carbocycles. The molecule has 122 valence electrons. The van der Waals surface area contributed by atoms with E-state index in [4.69, 9.17) is 9.15 Å². The van der Waals surface area contributed by atoms with Crippen LogP contribution in [-0.2, 0) is 6.42 Å². The number of oxazole rings is 1. The van der Waals surface area contributed by atoms with Crippen LogP contribution in [0.5, 0.6) is 5.75 Å². The lowest BCUT2D eigenvalue weighted by molar-refractivity contribution is 0.112. The van der Waals surface area contributed by atoms with Gasteiger partial charge in [0.1, 0.15) is 17.8 Å². The van der Waals surface area contributed by atoms with Crippen molar-refractivity contribution in [1.29, 1.82) is 0 Å². The van der Waals surface area contributed by atoms with Crippen LogP contribution in [-0.4, -0.2) is 17.9 Å². The number of aromatic nitrogens is 1. The van der Waals surface area contributed by atoms with Gasteiger partial charge in [-0.3, -0.25) is 4.79 Å². The topological polar surface area (TPSA) is 52.3 Å². The van der Waals surface area contributed by atoms with Crippen LogP contribution in [0.3, 0.4) is 0 Å². The molecule has 0 unspecified atom stereocenters. The Kier molecular flexibility index (Phi) is 4.75. The predicted octanol–water partition coefficient (Wildman–Crippen LogP) is 4.39. The molecular weight excluding hydrogens is 302 g/mol. The lowest BCUT2D eigenvalue weighted by Gasteiger charge is -2.04. The van der Waals surface area contributed by atoms with E-state index in [1.165, 1.54) is 5.56 Å². The van der Waals surface area contributed by atoms with E-state index in [1.807, 2.05) is 31.2 Å². The van der Waals surface area contributed by atoms with E-state index in [0.717, 1.165) is 29.1 Å². The monoisotopic (exact) mass is 321 g/mol. The molecule has 2 aromatic carbocycles. The van der Waals surface area contributed by atoms with Gasteiger partial charge in [-0.25, -0.2) is 4.98 Å². The standard InChI is InChI=1S/C20H19NO3/c1-14-3-7-17(8-4-14)20-21-19(15(2)24-20)11-12-23-18-9-5-16(13-22)6-10-18/h3-10,13H,11-12H2,1-2H3. The molecule has 3 aromatic rings. The van der Waals surface area contributed by atoms with Crippen molar-refractivity contribution >= 4 is 6.29 Å². The summed E-state index contributed by atoms with van der Waals surface area (Å²) in [6.45, 7) is 4.47. The highest BCUT2D eigenvalue weighted by molar-refractivity contribution is 5.74. The summed E-state index contributed by atoms with van der Waals surface area (Å²) < 4.78 is 11.5. The summed E-state index contributed by atoms with van der Waals surface area (Å²) in [5.74, 6) is 2.18. The van der Waals surface area contributed by atoms with Crippen LogP contribution in [0.25, 0.3) is 11.5 Å². The number of hydrogen-bond acceptors (Lipinski definition) is 4. The number of aldehydes is 1. The summed E-state index contributed by atoms with van der Waals surface area (Å²) in [6, 6.07) is 15.2. The number of aryl methyl sites for hydroxylation is 2. The summed E-state index contributed by atoms with van der Waals surface area (Å²) >= 11 is 0. The molecule has 0 amide bonds. The van der Waals surface area contributed by atoms with Crippen molar-refractivity contribution in [3.8, 4) is 17.2 Å². The molecule has 0 bridgehead atoms. The Labute approximate surface area is 141 Å². The summed E-state index contributed by atoms with van der Waals surface area (Å²) in [7, 11) is 0. The molecule has 0 aliphatic heterocycles. The van der Waals surface area contributed by atoms with Crippen molar-refractivity contribution < 1.29 is 13.9 Å². The van der Waals surface area contributed by atoms with E-state index in [2.05, 4.69) is 11.9 Å². The average molecular weight is 321 g/mol. The first-order valence-electron chi connectivity index (χ1n) is 7.87. The van der Waals surface area contributed by atoms with Gasteiger partial charge in [0, 0.05) is 17.5 Å². The van der Waals surface area contributed by atoms with Crippen molar-refractivity contribution in [3.05, 3.63) is 71.1 Å². The fraction of sp³-hybridized carbons (Fsp3) is 0.200. The number of ether oxygens (including phenoxy) is 1. The third-order valence-corrected chi connectivity index (χ3v) is 3.81. The quantitative estimate of drug-likeness (QED) is 0.632. The van der Waals surface area contributed by atoms with Gasteiger partial charge in [-0.1, -0.05) is 17.7 Å². The van der Waals surface area contributed by atoms with Crippen LogP contribution in [0.4, 0.5) is 0 Å². The van der Waals surface area contributed by atoms with Crippen LogP contribution in [0.2, 0.25) is 0 Å². The Morgan fingerprint density at radius 2 is 1.75 bits per heavy atom. The highest BCUT2D eigenvalue weighted by Gasteiger charge is 2.11. The molecule has 0 saturated heterocycles. The molecule has 24 heavy (non-hydrogen) atoms. The van der Waals surface area contributed by atoms with E-state index in [1.54, 1.807) is 24.3 Å². The third-order valence-electron chi connectivity index (χ3n) is 3.81. The van der Waals surface area contributed by atoms with Crippen LogP contribution in [0, 0.1) is 13.8 Å². The minimum atomic E-state index is 0.501. The SMILES string of the molecule is Cc1ccc(-c2nc(CCOc3ccc(C=O)cc3)c(C)o2)cc1. The zero-order valence-corrected chi connectivity index (χ0v) is 13.8. The summed E-state index contributed by atoms with van der Waals surface area (Å²) in [6.07, 6.45) is 1.48. The molecule has 0 spiro atoms. The van der Waals surface area contributed by atoms with Gasteiger partial charge in [0.2, 0.25) is 5.89 Å². The Morgan fingerprint density at radius 3 is 2.42 bits per heavy atom. The smallest absolute Gasteiger partial charge is 0.226 e. The summed E-state index contributed by atoms with van der Waals surface area (Å²) in [5.41, 5.74) is 3.71. The minimum absolute atomic E-state index is 0.501. The van der Waals surface area contributed by atoms with Crippen molar-refractivity contribution in [1.82, 2.24) is 4.98 Å². The second-order valence-electron chi connectivity index (χ2n) is 5.67. The predicted molar refractivity (Wildman–Crippen MR) is 92.4 cm³/mol. The van der Waals surface area contributed by atoms with E-state index in [-0.39, 0.29) is 0 Å². The van der Waals surface area contributed by atoms with Crippen molar-refractivity contribution in [2.24, 2.45) is 0 Å². The van der Waals surface area contributed by atoms with Gasteiger partial charge < -0.3 is 9.15 Å². The lowest BCUT2D eigenvalue weighted by atomic mass is 10.1. The lowest BCUT2D eigenvalue weighted by Crippen LogP contribution is -2.02. The van der Waals surface area contributed by atoms with Gasteiger partial charge in [0.15, 0.2) is 0 Å². The zero-order chi connectivity index (χ0) is 16.9. The molecule has 0 aliphatic rings. The van der Waals surface area contributed by atoms with Gasteiger partial charge in [-0.05, 0) is 50.2 Å². The number of hydrogen-bond donors (Lipinski definition) is 0. The Morgan fingerprint density at radius 1 is 1.04 bits per heavy atom. The second-order valence-corrected chi connectivity index (χ2v) is 5.67. The normalized spacial score (nSPS) is 10.6. The molecule has 0 fully saturated rings.